The molecule has 0 aliphatic carbocycles. The SMILES string of the molecule is C[C@@H]1CN(C(=S)Nc2ccccc2)[C@@H](C)CN1CCO. The van der Waals surface area contributed by atoms with E-state index in [1.807, 2.05) is 30.3 Å². The lowest BCUT2D eigenvalue weighted by Gasteiger charge is -2.45. The van der Waals surface area contributed by atoms with Gasteiger partial charge in [0.2, 0.25) is 0 Å². The van der Waals surface area contributed by atoms with Gasteiger partial charge in [0.25, 0.3) is 0 Å². The van der Waals surface area contributed by atoms with E-state index in [9.17, 15) is 0 Å². The van der Waals surface area contributed by atoms with Gasteiger partial charge < -0.3 is 15.3 Å². The van der Waals surface area contributed by atoms with E-state index < -0.39 is 0 Å². The summed E-state index contributed by atoms with van der Waals surface area (Å²) in [4.78, 5) is 4.55. The number of piperazine rings is 1. The van der Waals surface area contributed by atoms with Crippen LogP contribution < -0.4 is 5.32 Å². The first-order valence-corrected chi connectivity index (χ1v) is 7.50. The van der Waals surface area contributed by atoms with Crippen LogP contribution in [0.25, 0.3) is 0 Å². The summed E-state index contributed by atoms with van der Waals surface area (Å²) in [6.45, 7) is 7.12. The summed E-state index contributed by atoms with van der Waals surface area (Å²) in [7, 11) is 0. The van der Waals surface area contributed by atoms with Crippen molar-refractivity contribution in [1.82, 2.24) is 9.80 Å². The minimum atomic E-state index is 0.212. The Kier molecular flexibility index (Phi) is 5.34. The Morgan fingerprint density at radius 2 is 1.95 bits per heavy atom. The highest BCUT2D eigenvalue weighted by Crippen LogP contribution is 2.17. The third kappa shape index (κ3) is 3.69. The van der Waals surface area contributed by atoms with Crippen LogP contribution in [-0.2, 0) is 0 Å². The van der Waals surface area contributed by atoms with Gasteiger partial charge in [-0.05, 0) is 38.2 Å². The van der Waals surface area contributed by atoms with E-state index >= 15 is 0 Å². The molecule has 1 aliphatic heterocycles. The van der Waals surface area contributed by atoms with Crippen molar-refractivity contribution in [3.63, 3.8) is 0 Å². The van der Waals surface area contributed by atoms with E-state index in [1.54, 1.807) is 0 Å². The lowest BCUT2D eigenvalue weighted by molar-refractivity contribution is 0.0706. The molecule has 1 aromatic carbocycles. The van der Waals surface area contributed by atoms with Crippen LogP contribution >= 0.6 is 12.2 Å². The fourth-order valence-electron chi connectivity index (χ4n) is 2.64. The second-order valence-corrected chi connectivity index (χ2v) is 5.75. The fraction of sp³-hybridized carbons (Fsp3) is 0.533. The maximum Gasteiger partial charge on any atom is 0.173 e. The minimum Gasteiger partial charge on any atom is -0.395 e. The van der Waals surface area contributed by atoms with Gasteiger partial charge in [0, 0.05) is 37.4 Å². The first kappa shape index (κ1) is 15.2. The molecule has 4 nitrogen and oxygen atoms in total. The molecule has 5 heteroatoms. The van der Waals surface area contributed by atoms with Crippen LogP contribution in [0.5, 0.6) is 0 Å². The molecule has 2 rings (SSSR count). The predicted octanol–water partition coefficient (Wildman–Crippen LogP) is 1.77. The highest BCUT2D eigenvalue weighted by atomic mass is 32.1. The number of hydrogen-bond acceptors (Lipinski definition) is 3. The molecule has 1 heterocycles. The normalized spacial score (nSPS) is 23.6. The maximum atomic E-state index is 9.10. The van der Waals surface area contributed by atoms with Crippen molar-refractivity contribution in [3.8, 4) is 0 Å². The van der Waals surface area contributed by atoms with E-state index in [0.717, 1.165) is 30.4 Å². The smallest absolute Gasteiger partial charge is 0.173 e. The number of aliphatic hydroxyl groups excluding tert-OH is 1. The van der Waals surface area contributed by atoms with Crippen molar-refractivity contribution in [2.45, 2.75) is 25.9 Å². The zero-order chi connectivity index (χ0) is 14.5. The number of para-hydroxylation sites is 1. The van der Waals surface area contributed by atoms with Crippen LogP contribution in [0.1, 0.15) is 13.8 Å². The van der Waals surface area contributed by atoms with Crippen molar-refractivity contribution in [2.24, 2.45) is 0 Å². The molecule has 1 aliphatic rings. The number of hydrogen-bond donors (Lipinski definition) is 2. The average molecular weight is 293 g/mol. The Balaban J connectivity index is 1.97. The van der Waals surface area contributed by atoms with Gasteiger partial charge in [0.15, 0.2) is 5.11 Å². The molecule has 0 saturated carbocycles. The second kappa shape index (κ2) is 7.02. The van der Waals surface area contributed by atoms with Crippen molar-refractivity contribution in [1.29, 1.82) is 0 Å². The standard InChI is InChI=1S/C15H23N3OS/c1-12-11-18(13(2)10-17(12)8-9-19)15(20)16-14-6-4-3-5-7-14/h3-7,12-13,19H,8-11H2,1-2H3,(H,16,20)/t12-,13+/m1/s1. The highest BCUT2D eigenvalue weighted by molar-refractivity contribution is 7.80. The average Bonchev–Trinajstić information content (AvgIpc) is 2.43. The Bertz CT molecular complexity index is 440. The summed E-state index contributed by atoms with van der Waals surface area (Å²) in [6.07, 6.45) is 0. The molecule has 0 aromatic heterocycles. The minimum absolute atomic E-state index is 0.212. The molecule has 0 amide bonds. The van der Waals surface area contributed by atoms with E-state index in [0.29, 0.717) is 12.1 Å². The fourth-order valence-corrected chi connectivity index (χ4v) is 3.01. The lowest BCUT2D eigenvalue weighted by atomic mass is 10.1. The third-order valence-electron chi connectivity index (χ3n) is 3.79. The van der Waals surface area contributed by atoms with Gasteiger partial charge in [-0.3, -0.25) is 4.90 Å². The molecular formula is C15H23N3OS. The molecule has 1 saturated heterocycles. The van der Waals surface area contributed by atoms with Gasteiger partial charge in [-0.15, -0.1) is 0 Å². The van der Waals surface area contributed by atoms with Crippen molar-refractivity contribution < 1.29 is 5.11 Å². The Morgan fingerprint density at radius 3 is 2.60 bits per heavy atom. The van der Waals surface area contributed by atoms with Crippen LogP contribution in [0.4, 0.5) is 5.69 Å². The van der Waals surface area contributed by atoms with Gasteiger partial charge in [0.1, 0.15) is 0 Å². The van der Waals surface area contributed by atoms with E-state index in [4.69, 9.17) is 17.3 Å². The number of nitrogens with one attached hydrogen (secondary N) is 1. The predicted molar refractivity (Wildman–Crippen MR) is 87.0 cm³/mol. The van der Waals surface area contributed by atoms with Crippen molar-refractivity contribution in [3.05, 3.63) is 30.3 Å². The van der Waals surface area contributed by atoms with E-state index in [1.165, 1.54) is 0 Å². The molecule has 1 fully saturated rings. The van der Waals surface area contributed by atoms with E-state index in [-0.39, 0.29) is 6.61 Å². The first-order valence-electron chi connectivity index (χ1n) is 7.09. The van der Waals surface area contributed by atoms with Crippen molar-refractivity contribution >= 4 is 23.0 Å². The quantitative estimate of drug-likeness (QED) is 0.831. The zero-order valence-electron chi connectivity index (χ0n) is 12.1. The highest BCUT2D eigenvalue weighted by Gasteiger charge is 2.29. The topological polar surface area (TPSA) is 38.7 Å². The van der Waals surface area contributed by atoms with Gasteiger partial charge in [-0.2, -0.15) is 0 Å². The first-order chi connectivity index (χ1) is 9.61. The molecule has 110 valence electrons. The lowest BCUT2D eigenvalue weighted by Crippen LogP contribution is -2.59. The number of thiocarbonyl (C=S) groups is 1. The molecule has 0 bridgehead atoms. The summed E-state index contributed by atoms with van der Waals surface area (Å²) < 4.78 is 0. The zero-order valence-corrected chi connectivity index (χ0v) is 12.9. The summed E-state index contributed by atoms with van der Waals surface area (Å²) in [5.41, 5.74) is 1.02. The summed E-state index contributed by atoms with van der Waals surface area (Å²) in [5, 5.41) is 13.2. The molecule has 2 N–H and O–H groups in total. The molecule has 0 unspecified atom stereocenters. The number of benzene rings is 1. The number of anilines is 1. The molecule has 2 atom stereocenters. The molecule has 0 spiro atoms. The van der Waals surface area contributed by atoms with Gasteiger partial charge in [-0.25, -0.2) is 0 Å². The van der Waals surface area contributed by atoms with Crippen LogP contribution in [0.3, 0.4) is 0 Å². The second-order valence-electron chi connectivity index (χ2n) is 5.37. The van der Waals surface area contributed by atoms with Crippen molar-refractivity contribution in [2.75, 3.05) is 31.6 Å². The van der Waals surface area contributed by atoms with Crippen LogP contribution in [0, 0.1) is 0 Å². The monoisotopic (exact) mass is 293 g/mol. The largest absolute Gasteiger partial charge is 0.395 e. The molecule has 20 heavy (non-hydrogen) atoms. The molecule has 1 aromatic rings. The summed E-state index contributed by atoms with van der Waals surface area (Å²) >= 11 is 5.54. The van der Waals surface area contributed by atoms with Gasteiger partial charge >= 0.3 is 0 Å². The number of nitrogens with zero attached hydrogens (tertiary/aromatic N) is 2. The number of rotatable bonds is 3. The van der Waals surface area contributed by atoms with Gasteiger partial charge in [-0.1, -0.05) is 18.2 Å². The maximum absolute atomic E-state index is 9.10. The summed E-state index contributed by atoms with van der Waals surface area (Å²) in [6, 6.07) is 10.8. The summed E-state index contributed by atoms with van der Waals surface area (Å²) in [5.74, 6) is 0. The van der Waals surface area contributed by atoms with Gasteiger partial charge in [0.05, 0.1) is 6.61 Å². The van der Waals surface area contributed by atoms with Crippen LogP contribution in [0.2, 0.25) is 0 Å². The van der Waals surface area contributed by atoms with Crippen LogP contribution in [-0.4, -0.2) is 58.3 Å². The van der Waals surface area contributed by atoms with Crippen LogP contribution in [0.15, 0.2) is 30.3 Å². The number of β-amino-alcohol motifs (C(OH)–C–C–N with tert-alkyl or cyclic N) is 1. The molecular weight excluding hydrogens is 270 g/mol. The third-order valence-corrected chi connectivity index (χ3v) is 4.12. The Labute approximate surface area is 126 Å². The Morgan fingerprint density at radius 1 is 1.25 bits per heavy atom. The Hall–Kier alpha value is -1.17. The molecule has 0 radical (unpaired) electrons. The van der Waals surface area contributed by atoms with E-state index in [2.05, 4.69) is 29.0 Å². The number of aliphatic hydroxyl groups is 1.